The zero-order valence-corrected chi connectivity index (χ0v) is 51.3. The molecule has 0 aliphatic carbocycles. The van der Waals surface area contributed by atoms with E-state index in [0.717, 1.165) is 13.8 Å². The van der Waals surface area contributed by atoms with E-state index in [9.17, 15) is 88.2 Å². The molecule has 1 aromatic heterocycles. The first-order chi connectivity index (χ1) is 42.9. The Bertz CT molecular complexity index is 3180. The van der Waals surface area contributed by atoms with E-state index in [0.29, 0.717) is 22.0 Å². The van der Waals surface area contributed by atoms with Crippen LogP contribution in [-0.4, -0.2) is 186 Å². The minimum atomic E-state index is -2.07. The van der Waals surface area contributed by atoms with Crippen molar-refractivity contribution in [2.24, 2.45) is 23.3 Å². The van der Waals surface area contributed by atoms with Crippen LogP contribution in [0.25, 0.3) is 10.9 Å². The fourth-order valence-corrected chi connectivity index (χ4v) is 9.48. The maximum absolute atomic E-state index is 14.4. The van der Waals surface area contributed by atoms with Crippen molar-refractivity contribution in [1.82, 2.24) is 52.8 Å². The van der Waals surface area contributed by atoms with Crippen LogP contribution in [0.1, 0.15) is 90.3 Å². The third-order valence-electron chi connectivity index (χ3n) is 14.3. The number of aromatic amines is 1. The van der Waals surface area contributed by atoms with Crippen molar-refractivity contribution in [3.05, 3.63) is 102 Å². The van der Waals surface area contributed by atoms with Crippen LogP contribution in [0.15, 0.2) is 85.1 Å². The Labute approximate surface area is 524 Å². The number of carboxylic acid groups (broad SMARTS) is 2. The van der Waals surface area contributed by atoms with Crippen molar-refractivity contribution in [3.8, 4) is 5.75 Å². The number of carboxylic acids is 2. The number of carbonyl (C=O) groups excluding carboxylic acids is 10. The van der Waals surface area contributed by atoms with Gasteiger partial charge >= 0.3 is 11.9 Å². The average molecular weight is 1270 g/mol. The molecule has 3 aromatic carbocycles. The number of aromatic nitrogens is 1. The number of phenols is 1. The standard InChI is InChI=1S/C61H84N12O18/c1-30(2)22-41(53(82)70-46(61(90)91)23-31(3)4)65-54(83)42(24-34-12-8-7-9-13-34)68-60(89)51(33(6)76)73-57(86)43(25-35-16-18-37(77)19-17-35)66-58(87)47(29-74)71-56(85)45(27-49(79)80)67-55(84)44(26-36-28-64-40-15-11-10-14-38(36)40)69-59(88)50(32(5)75)72-52(81)39(62)20-21-48(63)78/h7-19,28,30-33,39,41-47,50-51,64,74-77H,20-27,29,62H2,1-6H3,(H2,63,78)(H,65,83)(H,66,87)(H,67,84)(H,68,89)(H,69,88)(H,70,82)(H,71,85)(H,72,81)(H,73,86)(H,79,80)(H,90,91)/t32-,33-,39+,41+,42+,43+,44+,45+,46+,47+,50+,51+/m1/s1. The number of aliphatic hydroxyl groups is 3. The van der Waals surface area contributed by atoms with E-state index in [1.807, 2.05) is 0 Å². The fourth-order valence-electron chi connectivity index (χ4n) is 9.48. The predicted molar refractivity (Wildman–Crippen MR) is 327 cm³/mol. The van der Waals surface area contributed by atoms with Crippen LogP contribution in [0, 0.1) is 11.8 Å². The molecule has 0 unspecified atom stereocenters. The van der Waals surface area contributed by atoms with E-state index in [1.165, 1.54) is 30.5 Å². The Morgan fingerprint density at radius 1 is 0.484 bits per heavy atom. The molecule has 91 heavy (non-hydrogen) atoms. The van der Waals surface area contributed by atoms with Crippen LogP contribution >= 0.6 is 0 Å². The number of hydrogen-bond acceptors (Lipinski definition) is 17. The van der Waals surface area contributed by atoms with Crippen LogP contribution < -0.4 is 59.3 Å². The molecule has 0 bridgehead atoms. The van der Waals surface area contributed by atoms with Gasteiger partial charge in [0.25, 0.3) is 0 Å². The molecule has 0 radical (unpaired) electrons. The lowest BCUT2D eigenvalue weighted by Gasteiger charge is -2.29. The minimum Gasteiger partial charge on any atom is -0.508 e. The number of fused-ring (bicyclic) bond motifs is 1. The number of para-hydroxylation sites is 1. The second-order valence-corrected chi connectivity index (χ2v) is 23.0. The number of rotatable bonds is 37. The lowest BCUT2D eigenvalue weighted by Crippen LogP contribution is -2.63. The van der Waals surface area contributed by atoms with Crippen molar-refractivity contribution < 1.29 is 88.2 Å². The average Bonchev–Trinajstić information content (AvgIpc) is 1.89. The minimum absolute atomic E-state index is 0.0464. The molecular weight excluding hydrogens is 1190 g/mol. The van der Waals surface area contributed by atoms with E-state index in [1.54, 1.807) is 82.3 Å². The van der Waals surface area contributed by atoms with Gasteiger partial charge in [0, 0.05) is 42.8 Å². The Morgan fingerprint density at radius 2 is 0.901 bits per heavy atom. The van der Waals surface area contributed by atoms with Crippen LogP contribution in [-0.2, 0) is 76.8 Å². The van der Waals surface area contributed by atoms with Crippen molar-refractivity contribution in [2.75, 3.05) is 6.61 Å². The summed E-state index contributed by atoms with van der Waals surface area (Å²) in [5.41, 5.74) is 12.9. The van der Waals surface area contributed by atoms with E-state index >= 15 is 0 Å². The number of amides is 10. The van der Waals surface area contributed by atoms with E-state index in [-0.39, 0.29) is 61.7 Å². The summed E-state index contributed by atoms with van der Waals surface area (Å²) in [7, 11) is 0. The third-order valence-corrected chi connectivity index (χ3v) is 14.3. The summed E-state index contributed by atoms with van der Waals surface area (Å²) in [5, 5.41) is 84.2. The van der Waals surface area contributed by atoms with Crippen LogP contribution in [0.3, 0.4) is 0 Å². The third kappa shape index (κ3) is 24.1. The summed E-state index contributed by atoms with van der Waals surface area (Å²) in [6.45, 7) is 8.12. The van der Waals surface area contributed by atoms with Gasteiger partial charge in [0.15, 0.2) is 0 Å². The van der Waals surface area contributed by atoms with E-state index in [2.05, 4.69) is 52.8 Å². The molecule has 10 amide bonds. The maximum atomic E-state index is 14.4. The molecule has 0 saturated heterocycles. The van der Waals surface area contributed by atoms with Gasteiger partial charge in [-0.3, -0.25) is 52.7 Å². The van der Waals surface area contributed by atoms with Crippen LogP contribution in [0.5, 0.6) is 5.75 Å². The monoisotopic (exact) mass is 1270 g/mol. The summed E-state index contributed by atoms with van der Waals surface area (Å²) < 4.78 is 0. The number of nitrogens with one attached hydrogen (secondary N) is 10. The number of primary amides is 1. The lowest BCUT2D eigenvalue weighted by molar-refractivity contribution is -0.143. The van der Waals surface area contributed by atoms with Crippen LogP contribution in [0.2, 0.25) is 0 Å². The normalized spacial score (nSPS) is 15.3. The Balaban J connectivity index is 1.62. The first-order valence-electron chi connectivity index (χ1n) is 29.4. The van der Waals surface area contributed by atoms with Gasteiger partial charge in [0.05, 0.1) is 31.3 Å². The van der Waals surface area contributed by atoms with E-state index < -0.39 is 163 Å². The second kappa shape index (κ2) is 35.6. The molecule has 0 saturated carbocycles. The molecule has 1 heterocycles. The number of benzene rings is 3. The summed E-state index contributed by atoms with van der Waals surface area (Å²) >= 11 is 0. The van der Waals surface area contributed by atoms with Crippen molar-refractivity contribution in [3.63, 3.8) is 0 Å². The van der Waals surface area contributed by atoms with Crippen molar-refractivity contribution in [1.29, 1.82) is 0 Å². The van der Waals surface area contributed by atoms with Gasteiger partial charge in [0.2, 0.25) is 59.1 Å². The Morgan fingerprint density at radius 3 is 1.42 bits per heavy atom. The number of aromatic hydroxyl groups is 1. The molecule has 496 valence electrons. The molecule has 0 aliphatic rings. The molecule has 4 aromatic rings. The number of nitrogens with two attached hydrogens (primary N) is 2. The van der Waals surface area contributed by atoms with Gasteiger partial charge in [-0.05, 0) is 79.8 Å². The SMILES string of the molecule is CC(C)C[C@H](NC(=O)[C@H](CC(C)C)NC(=O)[C@H](Cc1ccccc1)NC(=O)[C@@H](NC(=O)[C@H](Cc1ccc(O)cc1)NC(=O)[C@H](CO)NC(=O)[C@H](CC(=O)O)NC(=O)[C@H](Cc1c[nH]c2ccccc12)NC(=O)[C@@H](NC(=O)[C@@H](N)CCC(N)=O)[C@@H](C)O)[C@@H](C)O)C(=O)O. The second-order valence-electron chi connectivity index (χ2n) is 23.0. The molecule has 20 N–H and O–H groups in total. The van der Waals surface area contributed by atoms with Gasteiger partial charge in [-0.15, -0.1) is 0 Å². The zero-order chi connectivity index (χ0) is 67.8. The fraction of sp³-hybridized carbons (Fsp3) is 0.475. The molecule has 4 rings (SSSR count). The van der Waals surface area contributed by atoms with Gasteiger partial charge in [-0.2, -0.15) is 0 Å². The predicted octanol–water partition coefficient (Wildman–Crippen LogP) is -2.74. The Hall–Kier alpha value is -9.52. The molecule has 0 fully saturated rings. The summed E-state index contributed by atoms with van der Waals surface area (Å²) in [4.78, 5) is 165. The molecule has 30 heteroatoms. The largest absolute Gasteiger partial charge is 0.508 e. The van der Waals surface area contributed by atoms with Gasteiger partial charge in [-0.1, -0.05) is 88.4 Å². The number of aliphatic hydroxyl groups excluding tert-OH is 3. The number of aliphatic carboxylic acids is 2. The lowest BCUT2D eigenvalue weighted by atomic mass is 9.99. The molecule has 30 nitrogen and oxygen atoms in total. The highest BCUT2D eigenvalue weighted by molar-refractivity contribution is 6.00. The quantitative estimate of drug-likeness (QED) is 0.0218. The topological polar surface area (TPSA) is 502 Å². The summed E-state index contributed by atoms with van der Waals surface area (Å²) in [6, 6.07) is 3.69. The van der Waals surface area contributed by atoms with Crippen LogP contribution in [0.4, 0.5) is 0 Å². The highest BCUT2D eigenvalue weighted by atomic mass is 16.4. The Kier molecular flexibility index (Phi) is 28.9. The summed E-state index contributed by atoms with van der Waals surface area (Å²) in [6.07, 6.45) is -4.37. The van der Waals surface area contributed by atoms with Crippen molar-refractivity contribution in [2.45, 2.75) is 166 Å². The highest BCUT2D eigenvalue weighted by Gasteiger charge is 2.38. The van der Waals surface area contributed by atoms with E-state index in [4.69, 9.17) is 11.5 Å². The van der Waals surface area contributed by atoms with Gasteiger partial charge in [0.1, 0.15) is 60.1 Å². The first-order valence-corrected chi connectivity index (χ1v) is 29.4. The smallest absolute Gasteiger partial charge is 0.326 e. The van der Waals surface area contributed by atoms with Gasteiger partial charge < -0.3 is 94.9 Å². The molecular formula is C61H84N12O18. The van der Waals surface area contributed by atoms with Crippen molar-refractivity contribution >= 4 is 81.9 Å². The number of carbonyl (C=O) groups is 12. The first kappa shape index (κ1) is 73.9. The molecule has 12 atom stereocenters. The summed E-state index contributed by atoms with van der Waals surface area (Å²) in [5.74, 6) is -14.2. The zero-order valence-electron chi connectivity index (χ0n) is 51.3. The number of hydrogen-bond donors (Lipinski definition) is 18. The maximum Gasteiger partial charge on any atom is 0.326 e. The molecule has 0 spiro atoms. The number of phenolic OH excluding ortho intramolecular Hbond substituents is 1. The number of H-pyrrole nitrogens is 1. The van der Waals surface area contributed by atoms with Gasteiger partial charge in [-0.25, -0.2) is 4.79 Å². The highest BCUT2D eigenvalue weighted by Crippen LogP contribution is 2.20. The molecule has 0 aliphatic heterocycles.